The smallest absolute Gasteiger partial charge is 0.195 e. The van der Waals surface area contributed by atoms with E-state index in [1.165, 1.54) is 0 Å². The Morgan fingerprint density at radius 2 is 2.16 bits per heavy atom. The second-order valence-electron chi connectivity index (χ2n) is 4.11. The molecule has 0 aliphatic rings. The van der Waals surface area contributed by atoms with E-state index in [1.54, 1.807) is 12.4 Å². The molecule has 3 aromatic rings. The summed E-state index contributed by atoms with van der Waals surface area (Å²) in [6.07, 6.45) is 5.40. The lowest BCUT2D eigenvalue weighted by Crippen LogP contribution is -2.08. The number of aromatic amines is 1. The summed E-state index contributed by atoms with van der Waals surface area (Å²) < 4.78 is 4.40. The van der Waals surface area contributed by atoms with E-state index < -0.39 is 0 Å². The Morgan fingerprint density at radius 3 is 2.84 bits per heavy atom. The Morgan fingerprint density at radius 1 is 1.26 bits per heavy atom. The Kier molecular flexibility index (Phi) is 2.96. The molecule has 7 heteroatoms. The lowest BCUT2D eigenvalue weighted by atomic mass is 10.3. The molecule has 0 atom stereocenters. The minimum absolute atomic E-state index is 0.559. The first kappa shape index (κ1) is 11.8. The van der Waals surface area contributed by atoms with Gasteiger partial charge in [-0.05, 0) is 24.4 Å². The molecule has 0 radical (unpaired) electrons. The first-order valence-electron chi connectivity index (χ1n) is 5.78. The van der Waals surface area contributed by atoms with Crippen molar-refractivity contribution >= 4 is 12.2 Å². The molecule has 0 aromatic carbocycles. The standard InChI is InChI=1S/C12H12N6S/c1-17-7-6-14-10(17)8-18-11(15-16-12(18)19)9-4-2-3-5-13-9/h2-7H,8H2,1H3,(H,16,19). The fourth-order valence-electron chi connectivity index (χ4n) is 1.85. The van der Waals surface area contributed by atoms with Crippen LogP contribution in [0.2, 0.25) is 0 Å². The maximum atomic E-state index is 5.27. The molecule has 0 spiro atoms. The number of rotatable bonds is 3. The summed E-state index contributed by atoms with van der Waals surface area (Å²) in [4.78, 5) is 8.60. The van der Waals surface area contributed by atoms with Crippen molar-refractivity contribution in [3.8, 4) is 11.5 Å². The van der Waals surface area contributed by atoms with Crippen molar-refractivity contribution in [2.24, 2.45) is 7.05 Å². The van der Waals surface area contributed by atoms with Gasteiger partial charge in [-0.3, -0.25) is 14.6 Å². The SMILES string of the molecule is Cn1ccnc1Cn1c(-c2ccccn2)n[nH]c1=S. The minimum Gasteiger partial charge on any atom is -0.337 e. The van der Waals surface area contributed by atoms with Crippen LogP contribution in [0.4, 0.5) is 0 Å². The van der Waals surface area contributed by atoms with Crippen molar-refractivity contribution < 1.29 is 0 Å². The number of aryl methyl sites for hydroxylation is 1. The van der Waals surface area contributed by atoms with Gasteiger partial charge in [-0.15, -0.1) is 0 Å². The largest absolute Gasteiger partial charge is 0.337 e. The molecule has 96 valence electrons. The molecule has 0 aliphatic heterocycles. The third kappa shape index (κ3) is 2.19. The fraction of sp³-hybridized carbons (Fsp3) is 0.167. The molecule has 3 heterocycles. The zero-order valence-electron chi connectivity index (χ0n) is 10.3. The molecular formula is C12H12N6S. The molecular weight excluding hydrogens is 260 g/mol. The minimum atomic E-state index is 0.559. The molecule has 0 unspecified atom stereocenters. The number of nitrogens with zero attached hydrogens (tertiary/aromatic N) is 5. The number of hydrogen-bond acceptors (Lipinski definition) is 4. The van der Waals surface area contributed by atoms with E-state index >= 15 is 0 Å². The first-order valence-corrected chi connectivity index (χ1v) is 6.19. The van der Waals surface area contributed by atoms with E-state index in [0.717, 1.165) is 11.5 Å². The van der Waals surface area contributed by atoms with Crippen molar-refractivity contribution in [1.29, 1.82) is 0 Å². The van der Waals surface area contributed by atoms with Crippen molar-refractivity contribution in [2.75, 3.05) is 0 Å². The van der Waals surface area contributed by atoms with Crippen LogP contribution < -0.4 is 0 Å². The van der Waals surface area contributed by atoms with Gasteiger partial charge in [0.05, 0.1) is 6.54 Å². The maximum absolute atomic E-state index is 5.27. The van der Waals surface area contributed by atoms with Gasteiger partial charge in [0.1, 0.15) is 11.5 Å². The first-order chi connectivity index (χ1) is 9.25. The number of H-pyrrole nitrogens is 1. The van der Waals surface area contributed by atoms with Gasteiger partial charge in [0, 0.05) is 25.6 Å². The number of pyridine rings is 1. The monoisotopic (exact) mass is 272 g/mol. The van der Waals surface area contributed by atoms with Gasteiger partial charge in [0.25, 0.3) is 0 Å². The van der Waals surface area contributed by atoms with Crippen molar-refractivity contribution in [3.05, 3.63) is 47.4 Å². The number of aromatic nitrogens is 6. The molecule has 19 heavy (non-hydrogen) atoms. The van der Waals surface area contributed by atoms with Crippen molar-refractivity contribution in [3.63, 3.8) is 0 Å². The summed E-state index contributed by atoms with van der Waals surface area (Å²) in [7, 11) is 1.95. The summed E-state index contributed by atoms with van der Waals surface area (Å²) in [5.74, 6) is 1.63. The molecule has 0 saturated carbocycles. The Balaban J connectivity index is 2.05. The fourth-order valence-corrected chi connectivity index (χ4v) is 2.04. The molecule has 0 fully saturated rings. The number of imidazole rings is 1. The molecule has 0 amide bonds. The molecule has 0 bridgehead atoms. The highest BCUT2D eigenvalue weighted by Gasteiger charge is 2.11. The summed E-state index contributed by atoms with van der Waals surface area (Å²) >= 11 is 5.27. The van der Waals surface area contributed by atoms with Gasteiger partial charge in [-0.25, -0.2) is 4.98 Å². The van der Waals surface area contributed by atoms with E-state index in [9.17, 15) is 0 Å². The van der Waals surface area contributed by atoms with Gasteiger partial charge in [0.15, 0.2) is 10.6 Å². The van der Waals surface area contributed by atoms with Crippen LogP contribution in [0.5, 0.6) is 0 Å². The van der Waals surface area contributed by atoms with E-state index in [2.05, 4.69) is 20.2 Å². The Labute approximate surface area is 114 Å². The zero-order valence-corrected chi connectivity index (χ0v) is 11.1. The summed E-state index contributed by atoms with van der Waals surface area (Å²) in [5, 5.41) is 7.05. The molecule has 3 rings (SSSR count). The van der Waals surface area contributed by atoms with Crippen molar-refractivity contribution in [1.82, 2.24) is 29.3 Å². The Hall–Kier alpha value is -2.28. The summed E-state index contributed by atoms with van der Waals surface area (Å²) in [6, 6.07) is 5.69. The number of hydrogen-bond donors (Lipinski definition) is 1. The third-order valence-electron chi connectivity index (χ3n) is 2.87. The summed E-state index contributed by atoms with van der Waals surface area (Å²) in [6.45, 7) is 0.560. The molecule has 6 nitrogen and oxygen atoms in total. The molecule has 3 aromatic heterocycles. The Bertz CT molecular complexity index is 739. The second kappa shape index (κ2) is 4.77. The third-order valence-corrected chi connectivity index (χ3v) is 3.18. The van der Waals surface area contributed by atoms with Crippen LogP contribution in [0, 0.1) is 4.77 Å². The lowest BCUT2D eigenvalue weighted by molar-refractivity contribution is 0.695. The highest BCUT2D eigenvalue weighted by Crippen LogP contribution is 2.15. The van der Waals surface area contributed by atoms with E-state index in [4.69, 9.17) is 12.2 Å². The molecule has 0 saturated heterocycles. The van der Waals surface area contributed by atoms with Gasteiger partial charge >= 0.3 is 0 Å². The average Bonchev–Trinajstić information content (AvgIpc) is 2.99. The van der Waals surface area contributed by atoms with Crippen LogP contribution in [0.25, 0.3) is 11.5 Å². The van der Waals surface area contributed by atoms with E-state index in [-0.39, 0.29) is 0 Å². The highest BCUT2D eigenvalue weighted by atomic mass is 32.1. The van der Waals surface area contributed by atoms with Gasteiger partial charge < -0.3 is 4.57 Å². The predicted molar refractivity (Wildman–Crippen MR) is 73.0 cm³/mol. The van der Waals surface area contributed by atoms with E-state index in [0.29, 0.717) is 17.1 Å². The van der Waals surface area contributed by atoms with Crippen molar-refractivity contribution in [2.45, 2.75) is 6.54 Å². The van der Waals surface area contributed by atoms with E-state index in [1.807, 2.05) is 40.6 Å². The second-order valence-corrected chi connectivity index (χ2v) is 4.49. The highest BCUT2D eigenvalue weighted by molar-refractivity contribution is 7.71. The van der Waals surface area contributed by atoms with Crippen LogP contribution in [0.1, 0.15) is 5.82 Å². The molecule has 0 aliphatic carbocycles. The van der Waals surface area contributed by atoms with Crippen LogP contribution >= 0.6 is 12.2 Å². The van der Waals surface area contributed by atoms with Crippen LogP contribution in [0.15, 0.2) is 36.8 Å². The van der Waals surface area contributed by atoms with Gasteiger partial charge in [-0.1, -0.05) is 6.07 Å². The van der Waals surface area contributed by atoms with Crippen LogP contribution in [-0.2, 0) is 13.6 Å². The van der Waals surface area contributed by atoms with Crippen LogP contribution in [-0.4, -0.2) is 29.3 Å². The van der Waals surface area contributed by atoms with Crippen LogP contribution in [0.3, 0.4) is 0 Å². The number of nitrogens with one attached hydrogen (secondary N) is 1. The average molecular weight is 272 g/mol. The quantitative estimate of drug-likeness (QED) is 0.738. The molecule has 1 N–H and O–H groups in total. The van der Waals surface area contributed by atoms with Gasteiger partial charge in [0.2, 0.25) is 0 Å². The lowest BCUT2D eigenvalue weighted by Gasteiger charge is -2.06. The van der Waals surface area contributed by atoms with Gasteiger partial charge in [-0.2, -0.15) is 5.10 Å². The summed E-state index contributed by atoms with van der Waals surface area (Å²) in [5.41, 5.74) is 0.782. The predicted octanol–water partition coefficient (Wildman–Crippen LogP) is 1.78. The zero-order chi connectivity index (χ0) is 13.2. The normalized spacial score (nSPS) is 10.8. The topological polar surface area (TPSA) is 64.3 Å². The maximum Gasteiger partial charge on any atom is 0.195 e.